The summed E-state index contributed by atoms with van der Waals surface area (Å²) >= 11 is 0. The van der Waals surface area contributed by atoms with Crippen molar-refractivity contribution in [2.45, 2.75) is 20.3 Å². The lowest BCUT2D eigenvalue weighted by atomic mass is 10.1. The van der Waals surface area contributed by atoms with Gasteiger partial charge in [-0.1, -0.05) is 13.8 Å². The van der Waals surface area contributed by atoms with Gasteiger partial charge in [-0.25, -0.2) is 4.99 Å². The second kappa shape index (κ2) is 3.89. The summed E-state index contributed by atoms with van der Waals surface area (Å²) < 4.78 is 0. The molecule has 1 aliphatic heterocycles. The maximum atomic E-state index is 3.98. The third kappa shape index (κ3) is 2.96. The van der Waals surface area contributed by atoms with Crippen molar-refractivity contribution in [3.8, 4) is 0 Å². The Balaban J connectivity index is 2.60. The van der Waals surface area contributed by atoms with Gasteiger partial charge in [-0.15, -0.1) is 0 Å². The summed E-state index contributed by atoms with van der Waals surface area (Å²) in [6, 6.07) is 0. The SMILES string of the molecule is CC(C)CC1=CN=C=CN=C1. The van der Waals surface area contributed by atoms with E-state index in [0.29, 0.717) is 5.92 Å². The van der Waals surface area contributed by atoms with Gasteiger partial charge in [0.1, 0.15) is 0 Å². The van der Waals surface area contributed by atoms with Crippen LogP contribution in [0.3, 0.4) is 0 Å². The molecule has 0 bridgehead atoms. The van der Waals surface area contributed by atoms with Crippen molar-refractivity contribution in [2.24, 2.45) is 15.9 Å². The molecule has 2 nitrogen and oxygen atoms in total. The van der Waals surface area contributed by atoms with Crippen LogP contribution in [-0.4, -0.2) is 12.1 Å². The highest BCUT2D eigenvalue weighted by molar-refractivity contribution is 5.81. The molecular formula is C9H12N2. The van der Waals surface area contributed by atoms with Crippen LogP contribution in [0.1, 0.15) is 20.3 Å². The zero-order valence-corrected chi connectivity index (χ0v) is 6.91. The van der Waals surface area contributed by atoms with Gasteiger partial charge < -0.3 is 0 Å². The number of hydrogen-bond donors (Lipinski definition) is 0. The summed E-state index contributed by atoms with van der Waals surface area (Å²) in [5.41, 5.74) is 1.17. The molecule has 0 N–H and O–H groups in total. The summed E-state index contributed by atoms with van der Waals surface area (Å²) in [5.74, 6) is 3.33. The maximum Gasteiger partial charge on any atom is 0.0881 e. The zero-order valence-electron chi connectivity index (χ0n) is 6.91. The van der Waals surface area contributed by atoms with Crippen LogP contribution in [0.2, 0.25) is 0 Å². The minimum atomic E-state index is 0.654. The standard InChI is InChI=1S/C9H12N2/c1-8(2)5-9-6-10-3-4-11-7-9/h3,6-8H,5H2,1-2H3. The van der Waals surface area contributed by atoms with Crippen molar-refractivity contribution < 1.29 is 0 Å². The lowest BCUT2D eigenvalue weighted by molar-refractivity contribution is 0.654. The highest BCUT2D eigenvalue weighted by Gasteiger charge is 1.97. The molecule has 0 radical (unpaired) electrons. The van der Waals surface area contributed by atoms with Crippen molar-refractivity contribution >= 4 is 12.1 Å². The van der Waals surface area contributed by atoms with Crippen LogP contribution in [0.25, 0.3) is 0 Å². The Morgan fingerprint density at radius 1 is 1.55 bits per heavy atom. The molecule has 0 amide bonds. The molecule has 1 rings (SSSR count). The molecule has 0 aromatic rings. The molecule has 0 unspecified atom stereocenters. The van der Waals surface area contributed by atoms with Crippen molar-refractivity contribution in [1.29, 1.82) is 0 Å². The van der Waals surface area contributed by atoms with Crippen molar-refractivity contribution in [2.75, 3.05) is 0 Å². The van der Waals surface area contributed by atoms with E-state index in [1.165, 1.54) is 5.57 Å². The topological polar surface area (TPSA) is 24.7 Å². The Labute approximate surface area is 67.1 Å². The van der Waals surface area contributed by atoms with E-state index in [0.717, 1.165) is 6.42 Å². The van der Waals surface area contributed by atoms with Crippen LogP contribution < -0.4 is 0 Å². The largest absolute Gasteiger partial charge is 0.254 e. The van der Waals surface area contributed by atoms with E-state index in [1.807, 2.05) is 12.4 Å². The lowest BCUT2D eigenvalue weighted by Gasteiger charge is -2.01. The number of rotatable bonds is 2. The Morgan fingerprint density at radius 2 is 2.36 bits per heavy atom. The third-order valence-electron chi connectivity index (χ3n) is 1.32. The molecule has 0 saturated carbocycles. The average molecular weight is 148 g/mol. The van der Waals surface area contributed by atoms with Crippen molar-refractivity contribution in [1.82, 2.24) is 0 Å². The second-order valence-corrected chi connectivity index (χ2v) is 2.97. The minimum Gasteiger partial charge on any atom is -0.254 e. The van der Waals surface area contributed by atoms with Gasteiger partial charge in [-0.2, -0.15) is 0 Å². The molecule has 0 spiro atoms. The van der Waals surface area contributed by atoms with Gasteiger partial charge in [-0.05, 0) is 17.9 Å². The van der Waals surface area contributed by atoms with Crippen LogP contribution in [0.4, 0.5) is 0 Å². The first-order valence-corrected chi connectivity index (χ1v) is 3.78. The molecule has 1 heterocycles. The van der Waals surface area contributed by atoms with E-state index in [-0.39, 0.29) is 0 Å². The Hall–Kier alpha value is -1.14. The summed E-state index contributed by atoms with van der Waals surface area (Å²) in [4.78, 5) is 7.89. The average Bonchev–Trinajstić information content (AvgIpc) is 2.14. The fourth-order valence-corrected chi connectivity index (χ4v) is 0.930. The van der Waals surface area contributed by atoms with Gasteiger partial charge in [0, 0.05) is 18.3 Å². The monoisotopic (exact) mass is 148 g/mol. The molecule has 1 aliphatic rings. The summed E-state index contributed by atoms with van der Waals surface area (Å²) in [6.07, 6.45) is 6.25. The van der Waals surface area contributed by atoms with Gasteiger partial charge in [-0.3, -0.25) is 4.99 Å². The third-order valence-corrected chi connectivity index (χ3v) is 1.32. The molecule has 0 aromatic carbocycles. The highest BCUT2D eigenvalue weighted by atomic mass is 14.7. The van der Waals surface area contributed by atoms with Crippen LogP contribution in [0, 0.1) is 5.92 Å². The Morgan fingerprint density at radius 3 is 3.09 bits per heavy atom. The molecule has 0 fully saturated rings. The molecular weight excluding hydrogens is 136 g/mol. The van der Waals surface area contributed by atoms with Crippen LogP contribution in [0.5, 0.6) is 0 Å². The van der Waals surface area contributed by atoms with E-state index in [1.54, 1.807) is 6.20 Å². The van der Waals surface area contributed by atoms with E-state index in [4.69, 9.17) is 0 Å². The maximum absolute atomic E-state index is 3.98. The van der Waals surface area contributed by atoms with Gasteiger partial charge >= 0.3 is 0 Å². The molecule has 0 aromatic heterocycles. The molecule has 11 heavy (non-hydrogen) atoms. The van der Waals surface area contributed by atoms with Gasteiger partial charge in [0.15, 0.2) is 0 Å². The van der Waals surface area contributed by atoms with E-state index in [9.17, 15) is 0 Å². The first-order valence-electron chi connectivity index (χ1n) is 3.78. The first-order chi connectivity index (χ1) is 5.29. The zero-order chi connectivity index (χ0) is 8.10. The predicted octanol–water partition coefficient (Wildman–Crippen LogP) is 2.18. The molecule has 0 saturated heterocycles. The van der Waals surface area contributed by atoms with Gasteiger partial charge in [0.05, 0.1) is 6.20 Å². The molecule has 0 aliphatic carbocycles. The Bertz CT molecular complexity index is 240. The fraction of sp³-hybridized carbons (Fsp3) is 0.444. The fourth-order valence-electron chi connectivity index (χ4n) is 0.930. The van der Waals surface area contributed by atoms with E-state index in [2.05, 4.69) is 29.7 Å². The van der Waals surface area contributed by atoms with Crippen molar-refractivity contribution in [3.05, 3.63) is 18.0 Å². The number of hydrogen-bond acceptors (Lipinski definition) is 2. The summed E-state index contributed by atoms with van der Waals surface area (Å²) in [7, 11) is 0. The quantitative estimate of drug-likeness (QED) is 0.573. The lowest BCUT2D eigenvalue weighted by Crippen LogP contribution is -1.91. The van der Waals surface area contributed by atoms with Crippen LogP contribution in [0.15, 0.2) is 28.0 Å². The number of aliphatic imine (C=N–C) groups is 2. The Kier molecular flexibility index (Phi) is 2.82. The number of allylic oxidation sites excluding steroid dienone is 1. The van der Waals surface area contributed by atoms with Gasteiger partial charge in [0.2, 0.25) is 0 Å². The molecule has 0 atom stereocenters. The first kappa shape index (κ1) is 7.96. The molecule has 58 valence electrons. The smallest absolute Gasteiger partial charge is 0.0881 e. The minimum absolute atomic E-state index is 0.654. The second-order valence-electron chi connectivity index (χ2n) is 2.97. The van der Waals surface area contributed by atoms with Crippen LogP contribution >= 0.6 is 0 Å². The van der Waals surface area contributed by atoms with Gasteiger partial charge in [0.25, 0.3) is 0 Å². The normalized spacial score (nSPS) is 15.4. The van der Waals surface area contributed by atoms with Crippen LogP contribution in [-0.2, 0) is 0 Å². The summed E-state index contributed by atoms with van der Waals surface area (Å²) in [5, 5.41) is 0. The summed E-state index contributed by atoms with van der Waals surface area (Å²) in [6.45, 7) is 4.35. The predicted molar refractivity (Wildman–Crippen MR) is 48.0 cm³/mol. The van der Waals surface area contributed by atoms with Crippen molar-refractivity contribution in [3.63, 3.8) is 0 Å². The highest BCUT2D eigenvalue weighted by Crippen LogP contribution is 2.09. The number of nitrogens with zero attached hydrogens (tertiary/aromatic N) is 2. The molecule has 2 heteroatoms. The van der Waals surface area contributed by atoms with E-state index >= 15 is 0 Å². The van der Waals surface area contributed by atoms with E-state index < -0.39 is 0 Å².